The molecule has 0 unspecified atom stereocenters. The summed E-state index contributed by atoms with van der Waals surface area (Å²) < 4.78 is 15.4. The molecule has 0 bridgehead atoms. The van der Waals surface area contributed by atoms with E-state index in [1.54, 1.807) is 7.11 Å². The molecule has 102 valence electrons. The summed E-state index contributed by atoms with van der Waals surface area (Å²) in [5, 5.41) is 0. The van der Waals surface area contributed by atoms with E-state index in [0.717, 1.165) is 0 Å². The first-order valence-corrected chi connectivity index (χ1v) is 5.94. The fraction of sp³-hybridized carbons (Fsp3) is 0.667. The van der Waals surface area contributed by atoms with Crippen molar-refractivity contribution >= 4 is 0 Å². The number of methoxy groups -OCH3 is 1. The van der Waals surface area contributed by atoms with Crippen LogP contribution in [0.3, 0.4) is 0 Å². The summed E-state index contributed by atoms with van der Waals surface area (Å²) in [4.78, 5) is 18.2. The maximum atomic E-state index is 11.4. The molecule has 0 fully saturated rings. The Morgan fingerprint density at radius 1 is 1.28 bits per heavy atom. The molecule has 1 aromatic heterocycles. The first kappa shape index (κ1) is 14.7. The second kappa shape index (κ2) is 7.84. The van der Waals surface area contributed by atoms with Crippen molar-refractivity contribution in [1.29, 1.82) is 0 Å². The molecule has 0 radical (unpaired) electrons. The summed E-state index contributed by atoms with van der Waals surface area (Å²) in [6.07, 6.45) is 0. The minimum Gasteiger partial charge on any atom is -0.475 e. The zero-order valence-electron chi connectivity index (χ0n) is 11.1. The Balaban J connectivity index is 2.40. The average molecular weight is 256 g/mol. The quantitative estimate of drug-likeness (QED) is 0.701. The van der Waals surface area contributed by atoms with Crippen LogP contribution < -0.4 is 10.3 Å². The second-order valence-electron chi connectivity index (χ2n) is 4.08. The van der Waals surface area contributed by atoms with Crippen LogP contribution in [0.25, 0.3) is 0 Å². The van der Waals surface area contributed by atoms with Gasteiger partial charge in [0.2, 0.25) is 5.88 Å². The number of hydrogen-bond donors (Lipinski definition) is 1. The smallest absolute Gasteiger partial charge is 0.254 e. The lowest BCUT2D eigenvalue weighted by molar-refractivity contribution is 0.0536. The summed E-state index contributed by atoms with van der Waals surface area (Å²) in [5.41, 5.74) is -0.205. The van der Waals surface area contributed by atoms with Gasteiger partial charge in [-0.15, -0.1) is 0 Å². The molecule has 0 saturated heterocycles. The fourth-order valence-electron chi connectivity index (χ4n) is 1.25. The molecule has 0 amide bonds. The number of rotatable bonds is 8. The summed E-state index contributed by atoms with van der Waals surface area (Å²) in [6.45, 7) is 5.79. The Labute approximate surface area is 106 Å². The number of nitrogens with one attached hydrogen (secondary N) is 1. The molecule has 1 heterocycles. The molecule has 0 saturated carbocycles. The predicted molar refractivity (Wildman–Crippen MR) is 67.1 cm³/mol. The summed E-state index contributed by atoms with van der Waals surface area (Å²) in [6, 6.07) is 1.33. The van der Waals surface area contributed by atoms with E-state index in [-0.39, 0.29) is 11.5 Å². The molecule has 0 atom stereocenters. The van der Waals surface area contributed by atoms with Crippen LogP contribution in [0.4, 0.5) is 0 Å². The standard InChI is InChI=1S/C12H20N2O4/c1-9(2)12-13-10(15)8-11(14-12)18-7-6-17-5-4-16-3/h8-9H,4-7H2,1-3H3,(H,13,14,15). The van der Waals surface area contributed by atoms with Gasteiger partial charge in [0.15, 0.2) is 0 Å². The third kappa shape index (κ3) is 5.29. The van der Waals surface area contributed by atoms with Crippen LogP contribution in [0.2, 0.25) is 0 Å². The highest BCUT2D eigenvalue weighted by molar-refractivity contribution is 5.10. The summed E-state index contributed by atoms with van der Waals surface area (Å²) in [7, 11) is 1.62. The molecule has 1 aromatic rings. The third-order valence-electron chi connectivity index (χ3n) is 2.19. The highest BCUT2D eigenvalue weighted by atomic mass is 16.5. The number of H-pyrrole nitrogens is 1. The van der Waals surface area contributed by atoms with Crippen molar-refractivity contribution in [2.75, 3.05) is 33.5 Å². The molecule has 6 heteroatoms. The number of ether oxygens (including phenoxy) is 3. The minimum absolute atomic E-state index is 0.152. The van der Waals surface area contributed by atoms with Crippen molar-refractivity contribution in [2.45, 2.75) is 19.8 Å². The van der Waals surface area contributed by atoms with Gasteiger partial charge in [0.25, 0.3) is 5.56 Å². The Morgan fingerprint density at radius 3 is 2.67 bits per heavy atom. The molecule has 1 N–H and O–H groups in total. The lowest BCUT2D eigenvalue weighted by atomic mass is 10.2. The largest absolute Gasteiger partial charge is 0.475 e. The van der Waals surface area contributed by atoms with E-state index < -0.39 is 0 Å². The molecule has 1 rings (SSSR count). The lowest BCUT2D eigenvalue weighted by Crippen LogP contribution is -2.15. The fourth-order valence-corrected chi connectivity index (χ4v) is 1.25. The SMILES string of the molecule is COCCOCCOc1cc(=O)[nH]c(C(C)C)n1. The number of nitrogens with zero attached hydrogens (tertiary/aromatic N) is 1. The van der Waals surface area contributed by atoms with Gasteiger partial charge in [0.1, 0.15) is 12.4 Å². The average Bonchev–Trinajstić information content (AvgIpc) is 2.33. The molecule has 0 aliphatic heterocycles. The molecule has 0 aliphatic rings. The van der Waals surface area contributed by atoms with Gasteiger partial charge in [-0.3, -0.25) is 4.79 Å². The van der Waals surface area contributed by atoms with Gasteiger partial charge in [-0.05, 0) is 0 Å². The van der Waals surface area contributed by atoms with Crippen LogP contribution in [0.5, 0.6) is 5.88 Å². The van der Waals surface area contributed by atoms with Crippen LogP contribution in [-0.4, -0.2) is 43.5 Å². The van der Waals surface area contributed by atoms with Gasteiger partial charge in [0.05, 0.1) is 25.9 Å². The molecule has 0 aromatic carbocycles. The number of aromatic nitrogens is 2. The number of aromatic amines is 1. The van der Waals surface area contributed by atoms with Gasteiger partial charge in [-0.2, -0.15) is 4.98 Å². The van der Waals surface area contributed by atoms with Crippen LogP contribution in [0.15, 0.2) is 10.9 Å². The van der Waals surface area contributed by atoms with Crippen molar-refractivity contribution in [3.8, 4) is 5.88 Å². The normalized spacial score (nSPS) is 10.9. The monoisotopic (exact) mass is 256 g/mol. The van der Waals surface area contributed by atoms with E-state index in [9.17, 15) is 4.79 Å². The predicted octanol–water partition coefficient (Wildman–Crippen LogP) is 0.935. The Kier molecular flexibility index (Phi) is 6.38. The van der Waals surface area contributed by atoms with Crippen LogP contribution >= 0.6 is 0 Å². The number of hydrogen-bond acceptors (Lipinski definition) is 5. The van der Waals surface area contributed by atoms with E-state index in [1.807, 2.05) is 13.8 Å². The Morgan fingerprint density at radius 2 is 2.00 bits per heavy atom. The van der Waals surface area contributed by atoms with Crippen molar-refractivity contribution < 1.29 is 14.2 Å². The van der Waals surface area contributed by atoms with Crippen molar-refractivity contribution in [3.05, 3.63) is 22.2 Å². The molecule has 18 heavy (non-hydrogen) atoms. The van der Waals surface area contributed by atoms with Crippen LogP contribution in [-0.2, 0) is 9.47 Å². The van der Waals surface area contributed by atoms with E-state index in [1.165, 1.54) is 6.07 Å². The summed E-state index contributed by atoms with van der Waals surface area (Å²) >= 11 is 0. The van der Waals surface area contributed by atoms with Crippen molar-refractivity contribution in [1.82, 2.24) is 9.97 Å². The minimum atomic E-state index is -0.205. The topological polar surface area (TPSA) is 73.4 Å². The Bertz CT molecular complexity index is 403. The Hall–Kier alpha value is -1.40. The highest BCUT2D eigenvalue weighted by Crippen LogP contribution is 2.10. The van der Waals surface area contributed by atoms with Gasteiger partial charge in [-0.25, -0.2) is 0 Å². The molecule has 0 spiro atoms. The van der Waals surface area contributed by atoms with Crippen molar-refractivity contribution in [2.24, 2.45) is 0 Å². The molecular weight excluding hydrogens is 236 g/mol. The zero-order valence-corrected chi connectivity index (χ0v) is 11.1. The molecular formula is C12H20N2O4. The first-order valence-electron chi connectivity index (χ1n) is 5.94. The third-order valence-corrected chi connectivity index (χ3v) is 2.19. The lowest BCUT2D eigenvalue weighted by Gasteiger charge is -2.08. The molecule has 0 aliphatic carbocycles. The first-order chi connectivity index (χ1) is 8.63. The van der Waals surface area contributed by atoms with E-state index >= 15 is 0 Å². The maximum absolute atomic E-state index is 11.4. The van der Waals surface area contributed by atoms with Crippen molar-refractivity contribution in [3.63, 3.8) is 0 Å². The van der Waals surface area contributed by atoms with Gasteiger partial charge in [0, 0.05) is 13.0 Å². The van der Waals surface area contributed by atoms with Crippen LogP contribution in [0.1, 0.15) is 25.6 Å². The van der Waals surface area contributed by atoms with Gasteiger partial charge < -0.3 is 19.2 Å². The van der Waals surface area contributed by atoms with E-state index in [2.05, 4.69) is 9.97 Å². The highest BCUT2D eigenvalue weighted by Gasteiger charge is 2.05. The second-order valence-corrected chi connectivity index (χ2v) is 4.08. The van der Waals surface area contributed by atoms with E-state index in [4.69, 9.17) is 14.2 Å². The zero-order chi connectivity index (χ0) is 13.4. The van der Waals surface area contributed by atoms with E-state index in [0.29, 0.717) is 38.1 Å². The summed E-state index contributed by atoms with van der Waals surface area (Å²) in [5.74, 6) is 1.11. The van der Waals surface area contributed by atoms with Gasteiger partial charge >= 0.3 is 0 Å². The molecule has 6 nitrogen and oxygen atoms in total. The van der Waals surface area contributed by atoms with Gasteiger partial charge in [-0.1, -0.05) is 13.8 Å². The maximum Gasteiger partial charge on any atom is 0.254 e. The van der Waals surface area contributed by atoms with Crippen LogP contribution in [0, 0.1) is 0 Å².